The van der Waals surface area contributed by atoms with Crippen LogP contribution in [0.25, 0.3) is 0 Å². The van der Waals surface area contributed by atoms with Crippen LogP contribution in [0, 0.1) is 0 Å². The highest BCUT2D eigenvalue weighted by Crippen LogP contribution is 2.07. The summed E-state index contributed by atoms with van der Waals surface area (Å²) in [5, 5.41) is 0. The zero-order valence-corrected chi connectivity index (χ0v) is 11.3. The highest BCUT2D eigenvalue weighted by atomic mass is 15.1. The average molecular weight is 256 g/mol. The lowest BCUT2D eigenvalue weighted by Gasteiger charge is -2.19. The van der Waals surface area contributed by atoms with E-state index in [0.29, 0.717) is 6.54 Å². The molecule has 0 aliphatic carbocycles. The number of nitrogens with zero attached hydrogens (tertiary/aromatic N) is 3. The van der Waals surface area contributed by atoms with E-state index < -0.39 is 0 Å². The Morgan fingerprint density at radius 1 is 1.00 bits per heavy atom. The van der Waals surface area contributed by atoms with Gasteiger partial charge in [-0.25, -0.2) is 0 Å². The molecule has 19 heavy (non-hydrogen) atoms. The minimum absolute atomic E-state index is 0.486. The van der Waals surface area contributed by atoms with Crippen LogP contribution in [0.4, 0.5) is 0 Å². The average Bonchev–Trinajstić information content (AvgIpc) is 2.48. The molecule has 2 rings (SSSR count). The number of rotatable bonds is 6. The van der Waals surface area contributed by atoms with Gasteiger partial charge in [-0.05, 0) is 30.8 Å². The smallest absolute Gasteiger partial charge is 0.0548 e. The van der Waals surface area contributed by atoms with Crippen molar-refractivity contribution in [2.45, 2.75) is 26.6 Å². The van der Waals surface area contributed by atoms with Gasteiger partial charge in [0, 0.05) is 25.8 Å². The molecule has 2 aromatic heterocycles. The summed E-state index contributed by atoms with van der Waals surface area (Å²) < 4.78 is 0. The maximum atomic E-state index is 5.62. The van der Waals surface area contributed by atoms with Crippen LogP contribution in [-0.2, 0) is 19.6 Å². The van der Waals surface area contributed by atoms with Gasteiger partial charge in [-0.2, -0.15) is 0 Å². The zero-order chi connectivity index (χ0) is 13.5. The minimum atomic E-state index is 0.486. The maximum Gasteiger partial charge on any atom is 0.0548 e. The van der Waals surface area contributed by atoms with E-state index in [1.165, 1.54) is 0 Å². The van der Waals surface area contributed by atoms with Crippen molar-refractivity contribution in [3.63, 3.8) is 0 Å². The molecular formula is C15H20N4. The summed E-state index contributed by atoms with van der Waals surface area (Å²) in [6.45, 7) is 5.26. The van der Waals surface area contributed by atoms with Crippen molar-refractivity contribution < 1.29 is 0 Å². The predicted octanol–water partition coefficient (Wildman–Crippen LogP) is 1.96. The third kappa shape index (κ3) is 4.12. The molecule has 2 N–H and O–H groups in total. The summed E-state index contributed by atoms with van der Waals surface area (Å²) in [4.78, 5) is 11.2. The summed E-state index contributed by atoms with van der Waals surface area (Å²) in [6, 6.07) is 12.0. The predicted molar refractivity (Wildman–Crippen MR) is 76.2 cm³/mol. The van der Waals surface area contributed by atoms with Gasteiger partial charge in [-0.1, -0.05) is 19.1 Å². The Balaban J connectivity index is 2.02. The highest BCUT2D eigenvalue weighted by molar-refractivity contribution is 5.11. The lowest BCUT2D eigenvalue weighted by atomic mass is 10.2. The van der Waals surface area contributed by atoms with Gasteiger partial charge in [-0.3, -0.25) is 14.9 Å². The lowest BCUT2D eigenvalue weighted by molar-refractivity contribution is 0.264. The summed E-state index contributed by atoms with van der Waals surface area (Å²) in [6.07, 6.45) is 1.83. The fourth-order valence-corrected chi connectivity index (χ4v) is 1.96. The maximum absolute atomic E-state index is 5.62. The molecule has 4 nitrogen and oxygen atoms in total. The first-order valence-electron chi connectivity index (χ1n) is 6.59. The highest BCUT2D eigenvalue weighted by Gasteiger charge is 2.06. The van der Waals surface area contributed by atoms with Crippen molar-refractivity contribution in [1.29, 1.82) is 0 Å². The van der Waals surface area contributed by atoms with Crippen LogP contribution in [0.2, 0.25) is 0 Å². The Morgan fingerprint density at radius 2 is 1.74 bits per heavy atom. The quantitative estimate of drug-likeness (QED) is 0.858. The Kier molecular flexibility index (Phi) is 5.01. The van der Waals surface area contributed by atoms with Crippen LogP contribution in [0.5, 0.6) is 0 Å². The van der Waals surface area contributed by atoms with E-state index in [4.69, 9.17) is 5.73 Å². The fraction of sp³-hybridized carbons (Fsp3) is 0.333. The van der Waals surface area contributed by atoms with E-state index in [9.17, 15) is 0 Å². The van der Waals surface area contributed by atoms with Crippen LogP contribution >= 0.6 is 0 Å². The molecule has 4 heteroatoms. The SMILES string of the molecule is CCN(Cc1ccccn1)Cc1cccc(CN)n1. The van der Waals surface area contributed by atoms with Crippen LogP contribution in [0.15, 0.2) is 42.6 Å². The molecule has 0 aliphatic rings. The molecule has 0 atom stereocenters. The second-order valence-corrected chi connectivity index (χ2v) is 4.45. The molecule has 100 valence electrons. The number of hydrogen-bond acceptors (Lipinski definition) is 4. The van der Waals surface area contributed by atoms with E-state index in [2.05, 4.69) is 21.8 Å². The molecular weight excluding hydrogens is 236 g/mol. The van der Waals surface area contributed by atoms with E-state index >= 15 is 0 Å². The molecule has 0 radical (unpaired) electrons. The van der Waals surface area contributed by atoms with Crippen LogP contribution in [-0.4, -0.2) is 21.4 Å². The number of nitrogens with two attached hydrogens (primary N) is 1. The molecule has 0 aromatic carbocycles. The molecule has 0 saturated heterocycles. The second-order valence-electron chi connectivity index (χ2n) is 4.45. The van der Waals surface area contributed by atoms with Crippen molar-refractivity contribution in [3.05, 3.63) is 59.7 Å². The molecule has 0 bridgehead atoms. The topological polar surface area (TPSA) is 55.0 Å². The summed E-state index contributed by atoms with van der Waals surface area (Å²) >= 11 is 0. The van der Waals surface area contributed by atoms with E-state index in [1.54, 1.807) is 0 Å². The Hall–Kier alpha value is -1.78. The first-order chi connectivity index (χ1) is 9.31. The van der Waals surface area contributed by atoms with Gasteiger partial charge in [-0.15, -0.1) is 0 Å². The van der Waals surface area contributed by atoms with E-state index in [1.807, 2.05) is 42.6 Å². The first-order valence-corrected chi connectivity index (χ1v) is 6.59. The Morgan fingerprint density at radius 3 is 2.42 bits per heavy atom. The van der Waals surface area contributed by atoms with E-state index in [0.717, 1.165) is 36.7 Å². The second kappa shape index (κ2) is 6.97. The van der Waals surface area contributed by atoms with Gasteiger partial charge in [0.05, 0.1) is 17.1 Å². The lowest BCUT2D eigenvalue weighted by Crippen LogP contribution is -2.23. The van der Waals surface area contributed by atoms with Gasteiger partial charge in [0.15, 0.2) is 0 Å². The minimum Gasteiger partial charge on any atom is -0.325 e. The van der Waals surface area contributed by atoms with Crippen molar-refractivity contribution in [1.82, 2.24) is 14.9 Å². The van der Waals surface area contributed by atoms with Gasteiger partial charge < -0.3 is 5.73 Å². The molecule has 2 aromatic rings. The fourth-order valence-electron chi connectivity index (χ4n) is 1.96. The van der Waals surface area contributed by atoms with Gasteiger partial charge in [0.25, 0.3) is 0 Å². The van der Waals surface area contributed by atoms with Crippen LogP contribution < -0.4 is 5.73 Å². The van der Waals surface area contributed by atoms with Crippen LogP contribution in [0.3, 0.4) is 0 Å². The van der Waals surface area contributed by atoms with Gasteiger partial charge in [0.1, 0.15) is 0 Å². The molecule has 0 aliphatic heterocycles. The molecule has 0 spiro atoms. The van der Waals surface area contributed by atoms with Crippen LogP contribution in [0.1, 0.15) is 24.0 Å². The largest absolute Gasteiger partial charge is 0.325 e. The molecule has 0 unspecified atom stereocenters. The normalized spacial score (nSPS) is 10.9. The Labute approximate surface area is 114 Å². The number of aromatic nitrogens is 2. The van der Waals surface area contributed by atoms with Crippen molar-refractivity contribution in [2.75, 3.05) is 6.54 Å². The standard InChI is InChI=1S/C15H20N4/c1-2-19(11-14-6-3-4-9-17-14)12-15-8-5-7-13(10-16)18-15/h3-9H,2,10-12,16H2,1H3. The molecule has 0 amide bonds. The summed E-state index contributed by atoms with van der Waals surface area (Å²) in [7, 11) is 0. The number of hydrogen-bond donors (Lipinski definition) is 1. The van der Waals surface area contributed by atoms with Gasteiger partial charge in [0.2, 0.25) is 0 Å². The third-order valence-corrected chi connectivity index (χ3v) is 3.02. The summed E-state index contributed by atoms with van der Waals surface area (Å²) in [5.41, 5.74) is 8.69. The molecule has 0 fully saturated rings. The molecule has 0 saturated carbocycles. The van der Waals surface area contributed by atoms with E-state index in [-0.39, 0.29) is 0 Å². The monoisotopic (exact) mass is 256 g/mol. The Bertz CT molecular complexity index is 499. The van der Waals surface area contributed by atoms with Gasteiger partial charge >= 0.3 is 0 Å². The third-order valence-electron chi connectivity index (χ3n) is 3.02. The summed E-state index contributed by atoms with van der Waals surface area (Å²) in [5.74, 6) is 0. The van der Waals surface area contributed by atoms with Crippen molar-refractivity contribution in [2.24, 2.45) is 5.73 Å². The van der Waals surface area contributed by atoms with Crippen molar-refractivity contribution in [3.8, 4) is 0 Å². The first kappa shape index (κ1) is 13.6. The zero-order valence-electron chi connectivity index (χ0n) is 11.3. The molecule has 2 heterocycles. The van der Waals surface area contributed by atoms with Crippen molar-refractivity contribution >= 4 is 0 Å². The number of pyridine rings is 2.